The van der Waals surface area contributed by atoms with E-state index in [1.54, 1.807) is 0 Å². The van der Waals surface area contributed by atoms with Gasteiger partial charge in [0.1, 0.15) is 5.58 Å². The Kier molecular flexibility index (Phi) is 6.10. The van der Waals surface area contributed by atoms with Gasteiger partial charge in [0.05, 0.1) is 13.2 Å². The molecule has 0 spiro atoms. The van der Waals surface area contributed by atoms with Crippen LogP contribution in [0, 0.1) is 5.92 Å². The predicted octanol–water partition coefficient (Wildman–Crippen LogP) is 3.30. The summed E-state index contributed by atoms with van der Waals surface area (Å²) in [5.41, 5.74) is 0.748. The van der Waals surface area contributed by atoms with Crippen molar-refractivity contribution in [1.29, 1.82) is 0 Å². The largest absolute Gasteiger partial charge is 0.451 e. The van der Waals surface area contributed by atoms with Crippen LogP contribution in [0.3, 0.4) is 0 Å². The van der Waals surface area contributed by atoms with E-state index in [0.29, 0.717) is 24.3 Å². The number of carbonyl (C=O) groups is 1. The first-order valence-electron chi connectivity index (χ1n) is 9.31. The normalized spacial score (nSPS) is 17.1. The van der Waals surface area contributed by atoms with Crippen molar-refractivity contribution in [2.45, 2.75) is 32.7 Å². The minimum Gasteiger partial charge on any atom is -0.451 e. The first-order chi connectivity index (χ1) is 12.2. The summed E-state index contributed by atoms with van der Waals surface area (Å²) in [6.07, 6.45) is 2.22. The van der Waals surface area contributed by atoms with Crippen molar-refractivity contribution in [3.63, 3.8) is 0 Å². The Labute approximate surface area is 149 Å². The number of rotatable bonds is 7. The number of para-hydroxylation sites is 1. The number of carbonyl (C=O) groups excluding carboxylic acids is 1. The lowest BCUT2D eigenvalue weighted by molar-refractivity contribution is 0.00185. The second-order valence-corrected chi connectivity index (χ2v) is 6.65. The van der Waals surface area contributed by atoms with E-state index in [9.17, 15) is 4.79 Å². The average Bonchev–Trinajstić information content (AvgIpc) is 3.10. The molecule has 136 valence electrons. The van der Waals surface area contributed by atoms with Gasteiger partial charge in [-0.25, -0.2) is 0 Å². The third-order valence-corrected chi connectivity index (χ3v) is 5.23. The van der Waals surface area contributed by atoms with E-state index in [0.717, 1.165) is 50.1 Å². The van der Waals surface area contributed by atoms with E-state index in [-0.39, 0.29) is 5.91 Å². The topological polar surface area (TPSA) is 54.7 Å². The van der Waals surface area contributed by atoms with E-state index in [4.69, 9.17) is 9.15 Å². The molecule has 0 radical (unpaired) electrons. The number of furan rings is 1. The van der Waals surface area contributed by atoms with Crippen LogP contribution in [0.15, 0.2) is 34.7 Å². The first kappa shape index (κ1) is 18.0. The maximum absolute atomic E-state index is 12.6. The highest BCUT2D eigenvalue weighted by molar-refractivity contribution is 5.96. The zero-order valence-electron chi connectivity index (χ0n) is 15.2. The molecule has 1 aromatic heterocycles. The minimum absolute atomic E-state index is 0.139. The molecule has 1 amide bonds. The van der Waals surface area contributed by atoms with Gasteiger partial charge in [0.2, 0.25) is 0 Å². The van der Waals surface area contributed by atoms with Crippen molar-refractivity contribution < 1.29 is 13.9 Å². The fourth-order valence-electron chi connectivity index (χ4n) is 3.71. The molecule has 1 fully saturated rings. The Bertz CT molecular complexity index is 654. The standard InChI is InChI=1S/C20H28N2O3/c1-3-15(4-2)17(22-9-11-24-12-10-22)14-21-20(23)19-13-16-7-5-6-8-18(16)25-19/h5-8,13,15,17H,3-4,9-12,14H2,1-2H3,(H,21,23). The van der Waals surface area contributed by atoms with Gasteiger partial charge in [0.15, 0.2) is 5.76 Å². The Balaban J connectivity index is 1.67. The summed E-state index contributed by atoms with van der Waals surface area (Å²) in [4.78, 5) is 15.0. The van der Waals surface area contributed by atoms with Gasteiger partial charge in [-0.2, -0.15) is 0 Å². The van der Waals surface area contributed by atoms with Crippen molar-refractivity contribution >= 4 is 16.9 Å². The molecule has 1 unspecified atom stereocenters. The lowest BCUT2D eigenvalue weighted by Gasteiger charge is -2.38. The molecule has 0 aliphatic carbocycles. The smallest absolute Gasteiger partial charge is 0.287 e. The highest BCUT2D eigenvalue weighted by atomic mass is 16.5. The zero-order chi connectivity index (χ0) is 17.6. The first-order valence-corrected chi connectivity index (χ1v) is 9.31. The Hall–Kier alpha value is -1.85. The third-order valence-electron chi connectivity index (χ3n) is 5.23. The maximum atomic E-state index is 12.6. The molecule has 3 rings (SSSR count). The molecule has 1 saturated heterocycles. The summed E-state index contributed by atoms with van der Waals surface area (Å²) in [5.74, 6) is 0.806. The molecule has 0 bridgehead atoms. The number of nitrogens with one attached hydrogen (secondary N) is 1. The van der Waals surface area contributed by atoms with E-state index in [1.807, 2.05) is 30.3 Å². The molecule has 1 aromatic carbocycles. The molecule has 25 heavy (non-hydrogen) atoms. The summed E-state index contributed by atoms with van der Waals surface area (Å²) >= 11 is 0. The van der Waals surface area contributed by atoms with Gasteiger partial charge in [0.25, 0.3) is 5.91 Å². The van der Waals surface area contributed by atoms with E-state index < -0.39 is 0 Å². The molecule has 1 atom stereocenters. The van der Waals surface area contributed by atoms with Crippen molar-refractivity contribution in [2.75, 3.05) is 32.8 Å². The summed E-state index contributed by atoms with van der Waals surface area (Å²) < 4.78 is 11.2. The van der Waals surface area contributed by atoms with Crippen molar-refractivity contribution in [2.24, 2.45) is 5.92 Å². The van der Waals surface area contributed by atoms with Crippen LogP contribution >= 0.6 is 0 Å². The van der Waals surface area contributed by atoms with Crippen molar-refractivity contribution in [3.05, 3.63) is 36.1 Å². The van der Waals surface area contributed by atoms with Gasteiger partial charge < -0.3 is 14.5 Å². The average molecular weight is 344 g/mol. The van der Waals surface area contributed by atoms with E-state index in [2.05, 4.69) is 24.1 Å². The summed E-state index contributed by atoms with van der Waals surface area (Å²) in [7, 11) is 0. The van der Waals surface area contributed by atoms with Gasteiger partial charge in [0, 0.05) is 31.1 Å². The van der Waals surface area contributed by atoms with Crippen LogP contribution in [0.5, 0.6) is 0 Å². The molecule has 5 heteroatoms. The van der Waals surface area contributed by atoms with E-state index >= 15 is 0 Å². The Morgan fingerprint density at radius 2 is 1.92 bits per heavy atom. The molecular weight excluding hydrogens is 316 g/mol. The molecule has 1 aliphatic heterocycles. The van der Waals surface area contributed by atoms with Gasteiger partial charge in [-0.15, -0.1) is 0 Å². The summed E-state index contributed by atoms with van der Waals surface area (Å²) in [6, 6.07) is 9.84. The molecule has 1 aliphatic rings. The van der Waals surface area contributed by atoms with Crippen LogP contribution < -0.4 is 5.32 Å². The van der Waals surface area contributed by atoms with Crippen LogP contribution in [-0.2, 0) is 4.74 Å². The highest BCUT2D eigenvalue weighted by Crippen LogP contribution is 2.21. The fraction of sp³-hybridized carbons (Fsp3) is 0.550. The monoisotopic (exact) mass is 344 g/mol. The summed E-state index contributed by atoms with van der Waals surface area (Å²) in [5, 5.41) is 4.05. The van der Waals surface area contributed by atoms with Crippen LogP contribution in [0.2, 0.25) is 0 Å². The van der Waals surface area contributed by atoms with Crippen molar-refractivity contribution in [1.82, 2.24) is 10.2 Å². The number of fused-ring (bicyclic) bond motifs is 1. The zero-order valence-corrected chi connectivity index (χ0v) is 15.2. The third kappa shape index (κ3) is 4.22. The summed E-state index contributed by atoms with van der Waals surface area (Å²) in [6.45, 7) is 8.50. The molecule has 0 saturated carbocycles. The molecule has 1 N–H and O–H groups in total. The van der Waals surface area contributed by atoms with Crippen LogP contribution in [0.1, 0.15) is 37.2 Å². The van der Waals surface area contributed by atoms with Gasteiger partial charge in [-0.1, -0.05) is 44.9 Å². The predicted molar refractivity (Wildman–Crippen MR) is 98.8 cm³/mol. The number of benzene rings is 1. The molecular formula is C20H28N2O3. The Morgan fingerprint density at radius 1 is 1.20 bits per heavy atom. The second-order valence-electron chi connectivity index (χ2n) is 6.65. The molecule has 5 nitrogen and oxygen atoms in total. The van der Waals surface area contributed by atoms with Crippen LogP contribution in [-0.4, -0.2) is 49.7 Å². The molecule has 2 aromatic rings. The number of hydrogen-bond donors (Lipinski definition) is 1. The minimum atomic E-state index is -0.139. The fourth-order valence-corrected chi connectivity index (χ4v) is 3.71. The number of amides is 1. The van der Waals surface area contributed by atoms with Crippen LogP contribution in [0.25, 0.3) is 11.0 Å². The van der Waals surface area contributed by atoms with Gasteiger partial charge in [-0.3, -0.25) is 9.69 Å². The van der Waals surface area contributed by atoms with Crippen LogP contribution in [0.4, 0.5) is 0 Å². The van der Waals surface area contributed by atoms with Crippen molar-refractivity contribution in [3.8, 4) is 0 Å². The van der Waals surface area contributed by atoms with Gasteiger partial charge in [-0.05, 0) is 18.1 Å². The second kappa shape index (κ2) is 8.50. The Morgan fingerprint density at radius 3 is 2.60 bits per heavy atom. The van der Waals surface area contributed by atoms with Gasteiger partial charge >= 0.3 is 0 Å². The molecule has 2 heterocycles. The quantitative estimate of drug-likeness (QED) is 0.837. The SMILES string of the molecule is CCC(CC)C(CNC(=O)c1cc2ccccc2o1)N1CCOCC1. The number of ether oxygens (including phenoxy) is 1. The highest BCUT2D eigenvalue weighted by Gasteiger charge is 2.27. The number of morpholine rings is 1. The lowest BCUT2D eigenvalue weighted by Crippen LogP contribution is -2.52. The number of nitrogens with zero attached hydrogens (tertiary/aromatic N) is 1. The van der Waals surface area contributed by atoms with E-state index in [1.165, 1.54) is 0 Å². The lowest BCUT2D eigenvalue weighted by atomic mass is 9.92. The maximum Gasteiger partial charge on any atom is 0.287 e. The number of hydrogen-bond acceptors (Lipinski definition) is 4.